The molecule has 0 aliphatic rings. The molecule has 1 aromatic carbocycles. The van der Waals surface area contributed by atoms with Crippen molar-refractivity contribution in [2.45, 2.75) is 0 Å². The van der Waals surface area contributed by atoms with Gasteiger partial charge >= 0.3 is 0 Å². The number of imidazole rings is 1. The Kier molecular flexibility index (Phi) is 2.49. The fourth-order valence-electron chi connectivity index (χ4n) is 1.60. The van der Waals surface area contributed by atoms with Gasteiger partial charge in [-0.05, 0) is 18.2 Å². The van der Waals surface area contributed by atoms with E-state index in [1.807, 2.05) is 12.1 Å². The molecular formula is C11H9ClN6. The molecule has 0 fully saturated rings. The number of nitrogens with zero attached hydrogens (tertiary/aromatic N) is 3. The number of aromatic amines is 1. The average Bonchev–Trinajstić information content (AvgIpc) is 2.77. The van der Waals surface area contributed by atoms with E-state index in [0.29, 0.717) is 28.0 Å². The van der Waals surface area contributed by atoms with Crippen molar-refractivity contribution in [2.24, 2.45) is 0 Å². The molecule has 7 heteroatoms. The summed E-state index contributed by atoms with van der Waals surface area (Å²) in [5.41, 5.74) is 8.28. The molecule has 0 amide bonds. The van der Waals surface area contributed by atoms with Crippen molar-refractivity contribution in [3.8, 4) is 0 Å². The van der Waals surface area contributed by atoms with Gasteiger partial charge in [-0.1, -0.05) is 17.7 Å². The molecule has 90 valence electrons. The molecule has 0 saturated carbocycles. The molecule has 0 saturated heterocycles. The van der Waals surface area contributed by atoms with Gasteiger partial charge < -0.3 is 16.0 Å². The molecule has 2 heterocycles. The topological polar surface area (TPSA) is 92.5 Å². The van der Waals surface area contributed by atoms with Gasteiger partial charge in [0.25, 0.3) is 0 Å². The largest absolute Gasteiger partial charge is 0.399 e. The second-order valence-corrected chi connectivity index (χ2v) is 4.05. The number of nitrogen functional groups attached to an aromatic ring is 1. The highest BCUT2D eigenvalue weighted by Gasteiger charge is 2.07. The van der Waals surface area contributed by atoms with Gasteiger partial charge in [0.2, 0.25) is 5.95 Å². The van der Waals surface area contributed by atoms with Gasteiger partial charge in [0, 0.05) is 11.4 Å². The van der Waals surface area contributed by atoms with E-state index in [2.05, 4.69) is 25.3 Å². The second-order valence-electron chi connectivity index (χ2n) is 3.69. The highest BCUT2D eigenvalue weighted by molar-refractivity contribution is 6.33. The molecule has 3 rings (SSSR count). The van der Waals surface area contributed by atoms with Gasteiger partial charge in [-0.2, -0.15) is 9.97 Å². The number of rotatable bonds is 2. The highest BCUT2D eigenvalue weighted by Crippen LogP contribution is 2.21. The van der Waals surface area contributed by atoms with E-state index in [4.69, 9.17) is 17.3 Å². The van der Waals surface area contributed by atoms with Gasteiger partial charge in [-0.15, -0.1) is 0 Å². The fourth-order valence-corrected chi connectivity index (χ4v) is 1.82. The summed E-state index contributed by atoms with van der Waals surface area (Å²) in [6.45, 7) is 0. The minimum absolute atomic E-state index is 0.323. The summed E-state index contributed by atoms with van der Waals surface area (Å²) in [6, 6.07) is 7.29. The van der Waals surface area contributed by atoms with Gasteiger partial charge in [0.05, 0.1) is 6.33 Å². The quantitative estimate of drug-likeness (QED) is 0.486. The standard InChI is InChI=1S/C11H9ClN6/c12-9-8-10(15-5-14-8)18-11(17-9)16-7-3-1-2-6(13)4-7/h1-5H,13H2,(H2,14,15,16,17,18). The summed E-state index contributed by atoms with van der Waals surface area (Å²) in [5.74, 6) is 0.380. The Morgan fingerprint density at radius 1 is 1.28 bits per heavy atom. The first-order chi connectivity index (χ1) is 8.72. The number of aromatic nitrogens is 4. The molecule has 2 aromatic heterocycles. The molecule has 0 radical (unpaired) electrons. The summed E-state index contributed by atoms with van der Waals surface area (Å²) in [4.78, 5) is 15.3. The van der Waals surface area contributed by atoms with Gasteiger partial charge in [0.1, 0.15) is 5.52 Å². The third-order valence-electron chi connectivity index (χ3n) is 2.38. The number of hydrogen-bond acceptors (Lipinski definition) is 5. The lowest BCUT2D eigenvalue weighted by atomic mass is 10.3. The molecule has 18 heavy (non-hydrogen) atoms. The minimum Gasteiger partial charge on any atom is -0.399 e. The molecule has 6 nitrogen and oxygen atoms in total. The lowest BCUT2D eigenvalue weighted by Gasteiger charge is -2.05. The summed E-state index contributed by atoms with van der Waals surface area (Å²) in [6.07, 6.45) is 1.52. The van der Waals surface area contributed by atoms with Crippen molar-refractivity contribution < 1.29 is 0 Å². The maximum absolute atomic E-state index is 6.01. The zero-order valence-corrected chi connectivity index (χ0v) is 9.94. The number of nitrogens with one attached hydrogen (secondary N) is 2. The summed E-state index contributed by atoms with van der Waals surface area (Å²) >= 11 is 6.01. The summed E-state index contributed by atoms with van der Waals surface area (Å²) < 4.78 is 0. The molecule has 0 atom stereocenters. The van der Waals surface area contributed by atoms with Crippen LogP contribution in [0.3, 0.4) is 0 Å². The van der Waals surface area contributed by atoms with Crippen LogP contribution in [0.5, 0.6) is 0 Å². The Morgan fingerprint density at radius 2 is 2.17 bits per heavy atom. The maximum atomic E-state index is 6.01. The Labute approximate surface area is 107 Å². The first-order valence-corrected chi connectivity index (χ1v) is 5.59. The van der Waals surface area contributed by atoms with E-state index < -0.39 is 0 Å². The lowest BCUT2D eigenvalue weighted by Crippen LogP contribution is -1.98. The lowest BCUT2D eigenvalue weighted by molar-refractivity contribution is 1.19. The number of halogens is 1. The Bertz CT molecular complexity index is 708. The first kappa shape index (κ1) is 10.8. The smallest absolute Gasteiger partial charge is 0.230 e. The van der Waals surface area contributed by atoms with Crippen LogP contribution >= 0.6 is 11.6 Å². The van der Waals surface area contributed by atoms with Crippen LogP contribution < -0.4 is 11.1 Å². The molecule has 0 aliphatic heterocycles. The van der Waals surface area contributed by atoms with Crippen molar-refractivity contribution in [1.29, 1.82) is 0 Å². The van der Waals surface area contributed by atoms with Crippen molar-refractivity contribution in [2.75, 3.05) is 11.1 Å². The van der Waals surface area contributed by atoms with E-state index in [9.17, 15) is 0 Å². The predicted molar refractivity (Wildman–Crippen MR) is 70.8 cm³/mol. The minimum atomic E-state index is 0.323. The van der Waals surface area contributed by atoms with E-state index in [-0.39, 0.29) is 0 Å². The monoisotopic (exact) mass is 260 g/mol. The number of benzene rings is 1. The van der Waals surface area contributed by atoms with Crippen LogP contribution in [0.2, 0.25) is 5.15 Å². The van der Waals surface area contributed by atoms with Crippen LogP contribution in [0.4, 0.5) is 17.3 Å². The van der Waals surface area contributed by atoms with Crippen molar-refractivity contribution in [3.05, 3.63) is 35.7 Å². The van der Waals surface area contributed by atoms with Gasteiger partial charge in [0.15, 0.2) is 10.8 Å². The Balaban J connectivity index is 1.99. The van der Waals surface area contributed by atoms with E-state index in [1.165, 1.54) is 6.33 Å². The second kappa shape index (κ2) is 4.15. The van der Waals surface area contributed by atoms with Crippen LogP contribution in [0, 0.1) is 0 Å². The van der Waals surface area contributed by atoms with Crippen LogP contribution in [-0.2, 0) is 0 Å². The van der Waals surface area contributed by atoms with Gasteiger partial charge in [-0.3, -0.25) is 0 Å². The number of nitrogens with two attached hydrogens (primary N) is 1. The molecule has 4 N–H and O–H groups in total. The van der Waals surface area contributed by atoms with Crippen molar-refractivity contribution in [3.63, 3.8) is 0 Å². The number of anilines is 3. The normalized spacial score (nSPS) is 10.7. The Morgan fingerprint density at radius 3 is 3.00 bits per heavy atom. The third-order valence-corrected chi connectivity index (χ3v) is 2.66. The third kappa shape index (κ3) is 1.93. The van der Waals surface area contributed by atoms with E-state index in [1.54, 1.807) is 12.1 Å². The highest BCUT2D eigenvalue weighted by atomic mass is 35.5. The number of H-pyrrole nitrogens is 1. The van der Waals surface area contributed by atoms with E-state index in [0.717, 1.165) is 5.69 Å². The van der Waals surface area contributed by atoms with Crippen LogP contribution in [-0.4, -0.2) is 19.9 Å². The molecule has 0 bridgehead atoms. The van der Waals surface area contributed by atoms with Gasteiger partial charge in [-0.25, -0.2) is 4.98 Å². The molecule has 0 unspecified atom stereocenters. The predicted octanol–water partition coefficient (Wildman–Crippen LogP) is 2.33. The molecular weight excluding hydrogens is 252 g/mol. The number of fused-ring (bicyclic) bond motifs is 1. The molecule has 3 aromatic rings. The van der Waals surface area contributed by atoms with E-state index >= 15 is 0 Å². The fraction of sp³-hybridized carbons (Fsp3) is 0. The van der Waals surface area contributed by atoms with Crippen LogP contribution in [0.25, 0.3) is 11.2 Å². The zero-order valence-electron chi connectivity index (χ0n) is 9.18. The average molecular weight is 261 g/mol. The van der Waals surface area contributed by atoms with Crippen molar-refractivity contribution >= 4 is 40.1 Å². The number of hydrogen-bond donors (Lipinski definition) is 3. The first-order valence-electron chi connectivity index (χ1n) is 5.21. The molecule has 0 spiro atoms. The Hall–Kier alpha value is -2.34. The van der Waals surface area contributed by atoms with Crippen molar-refractivity contribution in [1.82, 2.24) is 19.9 Å². The SMILES string of the molecule is Nc1cccc(Nc2nc(Cl)c3[nH]cnc3n2)c1. The van der Waals surface area contributed by atoms with Crippen LogP contribution in [0.15, 0.2) is 30.6 Å². The summed E-state index contributed by atoms with van der Waals surface area (Å²) in [7, 11) is 0. The molecule has 0 aliphatic carbocycles. The van der Waals surface area contributed by atoms with Crippen LogP contribution in [0.1, 0.15) is 0 Å². The summed E-state index contributed by atoms with van der Waals surface area (Å²) in [5, 5.41) is 3.35. The zero-order chi connectivity index (χ0) is 12.5. The maximum Gasteiger partial charge on any atom is 0.230 e.